The van der Waals surface area contributed by atoms with E-state index in [1.54, 1.807) is 7.11 Å². The number of anilines is 1. The van der Waals surface area contributed by atoms with E-state index < -0.39 is 6.10 Å². The van der Waals surface area contributed by atoms with E-state index in [0.29, 0.717) is 19.2 Å². The molecule has 136 valence electrons. The van der Waals surface area contributed by atoms with Gasteiger partial charge in [0.1, 0.15) is 5.75 Å². The maximum atomic E-state index is 10.1. The highest BCUT2D eigenvalue weighted by atomic mass is 16.5. The fourth-order valence-electron chi connectivity index (χ4n) is 2.91. The average Bonchev–Trinajstić information content (AvgIpc) is 2.54. The fraction of sp³-hybridized carbons (Fsp3) is 0.684. The zero-order chi connectivity index (χ0) is 17.6. The number of nitrogens with zero attached hydrogens (tertiary/aromatic N) is 1. The van der Waals surface area contributed by atoms with Crippen molar-refractivity contribution in [1.82, 2.24) is 4.90 Å². The van der Waals surface area contributed by atoms with Gasteiger partial charge in [-0.15, -0.1) is 0 Å². The van der Waals surface area contributed by atoms with E-state index in [0.717, 1.165) is 37.4 Å². The van der Waals surface area contributed by atoms with Crippen molar-refractivity contribution in [1.29, 1.82) is 0 Å². The number of ether oxygens (including phenoxy) is 2. The quantitative estimate of drug-likeness (QED) is 0.802. The predicted molar refractivity (Wildman–Crippen MR) is 97.8 cm³/mol. The minimum Gasteiger partial charge on any atom is -0.497 e. The van der Waals surface area contributed by atoms with Crippen LogP contribution in [0.1, 0.15) is 33.6 Å². The van der Waals surface area contributed by atoms with Crippen molar-refractivity contribution < 1.29 is 14.6 Å². The van der Waals surface area contributed by atoms with Gasteiger partial charge in [0.2, 0.25) is 0 Å². The minimum atomic E-state index is -0.424. The van der Waals surface area contributed by atoms with Gasteiger partial charge in [-0.25, -0.2) is 0 Å². The summed E-state index contributed by atoms with van der Waals surface area (Å²) in [5.74, 6) is 0.874. The number of aliphatic hydroxyl groups excluding tert-OH is 1. The van der Waals surface area contributed by atoms with Gasteiger partial charge in [0.05, 0.1) is 25.4 Å². The van der Waals surface area contributed by atoms with Crippen LogP contribution in [0.15, 0.2) is 24.3 Å². The summed E-state index contributed by atoms with van der Waals surface area (Å²) in [7, 11) is 1.69. The third kappa shape index (κ3) is 6.67. The topological polar surface area (TPSA) is 54.0 Å². The summed E-state index contributed by atoms with van der Waals surface area (Å²) in [6.07, 6.45) is 1.72. The van der Waals surface area contributed by atoms with E-state index in [-0.39, 0.29) is 5.60 Å². The van der Waals surface area contributed by atoms with Gasteiger partial charge in [0, 0.05) is 37.4 Å². The van der Waals surface area contributed by atoms with Gasteiger partial charge < -0.3 is 24.8 Å². The SMILES string of the molecule is COc1cccc(NC2CCN(CC(O)COC(C)(C)C)CC2)c1. The first-order chi connectivity index (χ1) is 11.4. The molecule has 5 nitrogen and oxygen atoms in total. The number of benzene rings is 1. The number of β-amino-alcohol motifs (C(OH)–C–C–N with tert-alkyl or cyclic N) is 1. The third-order valence-electron chi connectivity index (χ3n) is 4.21. The lowest BCUT2D eigenvalue weighted by molar-refractivity contribution is -0.0571. The molecule has 2 N–H and O–H groups in total. The lowest BCUT2D eigenvalue weighted by Crippen LogP contribution is -2.44. The fourth-order valence-corrected chi connectivity index (χ4v) is 2.91. The Morgan fingerprint density at radius 1 is 1.29 bits per heavy atom. The molecular formula is C19H32N2O3. The van der Waals surface area contributed by atoms with E-state index in [1.807, 2.05) is 39.0 Å². The van der Waals surface area contributed by atoms with E-state index in [9.17, 15) is 5.11 Å². The summed E-state index contributed by atoms with van der Waals surface area (Å²) in [5, 5.41) is 13.7. The lowest BCUT2D eigenvalue weighted by atomic mass is 10.0. The van der Waals surface area contributed by atoms with Crippen molar-refractivity contribution in [3.63, 3.8) is 0 Å². The molecule has 1 aliphatic rings. The summed E-state index contributed by atoms with van der Waals surface area (Å²) in [6, 6.07) is 8.52. The number of aliphatic hydroxyl groups is 1. The average molecular weight is 336 g/mol. The van der Waals surface area contributed by atoms with Crippen molar-refractivity contribution >= 4 is 5.69 Å². The molecule has 1 aliphatic heterocycles. The molecular weight excluding hydrogens is 304 g/mol. The van der Waals surface area contributed by atoms with Gasteiger partial charge in [-0.1, -0.05) is 6.07 Å². The summed E-state index contributed by atoms with van der Waals surface area (Å²) in [5.41, 5.74) is 0.903. The van der Waals surface area contributed by atoms with Gasteiger partial charge in [0.25, 0.3) is 0 Å². The van der Waals surface area contributed by atoms with Crippen LogP contribution < -0.4 is 10.1 Å². The van der Waals surface area contributed by atoms with Crippen LogP contribution in [-0.4, -0.2) is 61.1 Å². The van der Waals surface area contributed by atoms with Gasteiger partial charge >= 0.3 is 0 Å². The molecule has 1 fully saturated rings. The van der Waals surface area contributed by atoms with Crippen molar-refractivity contribution in [2.24, 2.45) is 0 Å². The van der Waals surface area contributed by atoms with Crippen molar-refractivity contribution in [2.45, 2.75) is 51.4 Å². The Bertz CT molecular complexity index is 494. The molecule has 0 spiro atoms. The number of hydrogen-bond donors (Lipinski definition) is 2. The van der Waals surface area contributed by atoms with Gasteiger partial charge in [0.15, 0.2) is 0 Å². The second kappa shape index (κ2) is 8.70. The van der Waals surface area contributed by atoms with Crippen LogP contribution in [0.2, 0.25) is 0 Å². The number of rotatable bonds is 7. The number of nitrogens with one attached hydrogen (secondary N) is 1. The Morgan fingerprint density at radius 3 is 2.62 bits per heavy atom. The van der Waals surface area contributed by atoms with Gasteiger partial charge in [-0.05, 0) is 45.7 Å². The molecule has 0 aliphatic carbocycles. The van der Waals surface area contributed by atoms with Crippen LogP contribution in [0, 0.1) is 0 Å². The highest BCUT2D eigenvalue weighted by molar-refractivity contribution is 5.48. The van der Waals surface area contributed by atoms with Crippen LogP contribution in [0.25, 0.3) is 0 Å². The van der Waals surface area contributed by atoms with E-state index >= 15 is 0 Å². The first kappa shape index (κ1) is 19.0. The molecule has 2 rings (SSSR count). The molecule has 1 atom stereocenters. The molecule has 0 saturated carbocycles. The Kier molecular flexibility index (Phi) is 6.90. The van der Waals surface area contributed by atoms with Gasteiger partial charge in [-0.2, -0.15) is 0 Å². The van der Waals surface area contributed by atoms with Crippen LogP contribution >= 0.6 is 0 Å². The smallest absolute Gasteiger partial charge is 0.120 e. The highest BCUT2D eigenvalue weighted by Gasteiger charge is 2.22. The zero-order valence-corrected chi connectivity index (χ0v) is 15.4. The molecule has 1 aromatic carbocycles. The predicted octanol–water partition coefficient (Wildman–Crippen LogP) is 2.75. The number of piperidine rings is 1. The summed E-state index contributed by atoms with van der Waals surface area (Å²) < 4.78 is 10.9. The summed E-state index contributed by atoms with van der Waals surface area (Å²) in [6.45, 7) is 9.09. The maximum Gasteiger partial charge on any atom is 0.120 e. The third-order valence-corrected chi connectivity index (χ3v) is 4.21. The molecule has 1 unspecified atom stereocenters. The second-order valence-corrected chi connectivity index (χ2v) is 7.53. The number of likely N-dealkylation sites (tertiary alicyclic amines) is 1. The van der Waals surface area contributed by atoms with Crippen LogP contribution in [-0.2, 0) is 4.74 Å². The van der Waals surface area contributed by atoms with E-state index in [1.165, 1.54) is 0 Å². The van der Waals surface area contributed by atoms with Crippen LogP contribution in [0.3, 0.4) is 0 Å². The molecule has 0 bridgehead atoms. The first-order valence-electron chi connectivity index (χ1n) is 8.81. The number of methoxy groups -OCH3 is 1. The summed E-state index contributed by atoms with van der Waals surface area (Å²) in [4.78, 5) is 2.32. The highest BCUT2D eigenvalue weighted by Crippen LogP contribution is 2.21. The molecule has 1 aromatic rings. The van der Waals surface area contributed by atoms with E-state index in [4.69, 9.17) is 9.47 Å². The Labute approximate surface area is 146 Å². The van der Waals surface area contributed by atoms with E-state index in [2.05, 4.69) is 16.3 Å². The molecule has 1 heterocycles. The molecule has 5 heteroatoms. The Hall–Kier alpha value is -1.30. The molecule has 0 amide bonds. The monoisotopic (exact) mass is 336 g/mol. The summed E-state index contributed by atoms with van der Waals surface area (Å²) >= 11 is 0. The van der Waals surface area contributed by atoms with Crippen molar-refractivity contribution in [3.05, 3.63) is 24.3 Å². The second-order valence-electron chi connectivity index (χ2n) is 7.53. The molecule has 1 saturated heterocycles. The first-order valence-corrected chi connectivity index (χ1v) is 8.81. The van der Waals surface area contributed by atoms with Crippen molar-refractivity contribution in [2.75, 3.05) is 38.7 Å². The lowest BCUT2D eigenvalue weighted by Gasteiger charge is -2.34. The maximum absolute atomic E-state index is 10.1. The Balaban J connectivity index is 1.71. The van der Waals surface area contributed by atoms with Crippen LogP contribution in [0.4, 0.5) is 5.69 Å². The normalized spacial score (nSPS) is 18.4. The standard InChI is InChI=1S/C19H32N2O3/c1-19(2,3)24-14-17(22)13-21-10-8-15(9-11-21)20-16-6-5-7-18(12-16)23-4/h5-7,12,15,17,20,22H,8-11,13-14H2,1-4H3. The molecule has 0 aromatic heterocycles. The van der Waals surface area contributed by atoms with Crippen molar-refractivity contribution in [3.8, 4) is 5.75 Å². The zero-order valence-electron chi connectivity index (χ0n) is 15.4. The van der Waals surface area contributed by atoms with Crippen LogP contribution in [0.5, 0.6) is 5.75 Å². The Morgan fingerprint density at radius 2 is 2.00 bits per heavy atom. The number of hydrogen-bond acceptors (Lipinski definition) is 5. The van der Waals surface area contributed by atoms with Gasteiger partial charge in [-0.3, -0.25) is 0 Å². The molecule has 24 heavy (non-hydrogen) atoms. The largest absolute Gasteiger partial charge is 0.497 e. The minimum absolute atomic E-state index is 0.200. The molecule has 0 radical (unpaired) electrons.